The molecule has 2 heterocycles. The molecular weight excluding hydrogens is 310 g/mol. The van der Waals surface area contributed by atoms with Gasteiger partial charge in [0.25, 0.3) is 5.91 Å². The van der Waals surface area contributed by atoms with Crippen molar-refractivity contribution < 1.29 is 14.3 Å². The van der Waals surface area contributed by atoms with E-state index in [4.69, 9.17) is 9.47 Å². The molecule has 0 aromatic heterocycles. The van der Waals surface area contributed by atoms with Crippen molar-refractivity contribution in [2.24, 2.45) is 11.8 Å². The van der Waals surface area contributed by atoms with Crippen LogP contribution >= 0.6 is 11.8 Å². The van der Waals surface area contributed by atoms with E-state index in [1.54, 1.807) is 0 Å². The van der Waals surface area contributed by atoms with Crippen LogP contribution in [0.2, 0.25) is 0 Å². The molecule has 23 heavy (non-hydrogen) atoms. The molecule has 2 saturated heterocycles. The molecule has 3 rings (SSSR count). The van der Waals surface area contributed by atoms with Crippen LogP contribution in [-0.4, -0.2) is 53.9 Å². The summed E-state index contributed by atoms with van der Waals surface area (Å²) < 4.78 is 11.8. The van der Waals surface area contributed by atoms with Crippen molar-refractivity contribution in [2.75, 3.05) is 18.6 Å². The predicted molar refractivity (Wildman–Crippen MR) is 93.4 cm³/mol. The van der Waals surface area contributed by atoms with Gasteiger partial charge in [0.05, 0.1) is 18.8 Å². The molecule has 3 fully saturated rings. The predicted octanol–water partition coefficient (Wildman–Crippen LogP) is 3.30. The summed E-state index contributed by atoms with van der Waals surface area (Å²) in [5, 5.41) is 0. The van der Waals surface area contributed by atoms with Crippen LogP contribution in [0.4, 0.5) is 0 Å². The number of hydrogen-bond donors (Lipinski definition) is 0. The maximum absolute atomic E-state index is 13.1. The summed E-state index contributed by atoms with van der Waals surface area (Å²) in [4.78, 5) is 15.1. The molecule has 1 saturated carbocycles. The Balaban J connectivity index is 1.63. The first-order valence-corrected chi connectivity index (χ1v) is 10.6. The molecule has 2 aliphatic heterocycles. The Morgan fingerprint density at radius 1 is 1.26 bits per heavy atom. The molecule has 5 heteroatoms. The van der Waals surface area contributed by atoms with Crippen LogP contribution in [0.5, 0.6) is 0 Å². The highest BCUT2D eigenvalue weighted by atomic mass is 32.2. The molecule has 4 atom stereocenters. The first kappa shape index (κ1) is 17.6. The van der Waals surface area contributed by atoms with Crippen LogP contribution in [0.15, 0.2) is 0 Å². The van der Waals surface area contributed by atoms with Gasteiger partial charge in [0.1, 0.15) is 6.23 Å². The molecule has 0 aromatic carbocycles. The molecule has 1 aliphatic carbocycles. The summed E-state index contributed by atoms with van der Waals surface area (Å²) in [7, 11) is 0. The Morgan fingerprint density at radius 2 is 2.00 bits per heavy atom. The van der Waals surface area contributed by atoms with Gasteiger partial charge in [-0.2, -0.15) is 11.8 Å². The topological polar surface area (TPSA) is 42.1 Å². The number of epoxide rings is 1. The smallest absolute Gasteiger partial charge is 0.256 e. The molecule has 1 amide bonds. The van der Waals surface area contributed by atoms with Gasteiger partial charge in [0.2, 0.25) is 0 Å². The fraction of sp³-hybridized carbons (Fsp3) is 0.944. The second-order valence-corrected chi connectivity index (χ2v) is 8.53. The van der Waals surface area contributed by atoms with Crippen LogP contribution in [0.1, 0.15) is 52.4 Å². The van der Waals surface area contributed by atoms with Crippen LogP contribution in [-0.2, 0) is 14.3 Å². The Morgan fingerprint density at radius 3 is 2.65 bits per heavy atom. The number of carbonyl (C=O) groups excluding carboxylic acids is 1. The third-order valence-corrected chi connectivity index (χ3v) is 6.25. The van der Waals surface area contributed by atoms with Gasteiger partial charge in [-0.25, -0.2) is 0 Å². The largest absolute Gasteiger partial charge is 0.359 e. The molecule has 0 radical (unpaired) electrons. The van der Waals surface area contributed by atoms with Crippen molar-refractivity contribution in [3.05, 3.63) is 0 Å². The number of hydrogen-bond acceptors (Lipinski definition) is 4. The lowest BCUT2D eigenvalue weighted by Crippen LogP contribution is -2.47. The van der Waals surface area contributed by atoms with Crippen LogP contribution in [0.3, 0.4) is 0 Å². The van der Waals surface area contributed by atoms with Gasteiger partial charge < -0.3 is 14.4 Å². The molecule has 0 aromatic rings. The van der Waals surface area contributed by atoms with Crippen molar-refractivity contribution in [1.29, 1.82) is 0 Å². The van der Waals surface area contributed by atoms with Gasteiger partial charge in [-0.05, 0) is 36.7 Å². The van der Waals surface area contributed by atoms with Gasteiger partial charge in [-0.15, -0.1) is 0 Å². The number of nitrogens with zero attached hydrogens (tertiary/aromatic N) is 1. The third-order valence-electron chi connectivity index (χ3n) is 5.60. The van der Waals surface area contributed by atoms with Gasteiger partial charge in [0, 0.05) is 6.42 Å². The van der Waals surface area contributed by atoms with E-state index in [0.29, 0.717) is 18.4 Å². The van der Waals surface area contributed by atoms with Crippen LogP contribution in [0.25, 0.3) is 0 Å². The number of ether oxygens (including phenoxy) is 2. The molecule has 0 bridgehead atoms. The van der Waals surface area contributed by atoms with E-state index in [9.17, 15) is 4.79 Å². The minimum Gasteiger partial charge on any atom is -0.359 e. The Kier molecular flexibility index (Phi) is 5.92. The van der Waals surface area contributed by atoms with E-state index >= 15 is 0 Å². The van der Waals surface area contributed by atoms with E-state index in [1.165, 1.54) is 32.1 Å². The summed E-state index contributed by atoms with van der Waals surface area (Å²) in [6, 6.07) is 0.200. The highest BCUT2D eigenvalue weighted by Crippen LogP contribution is 2.40. The average molecular weight is 342 g/mol. The minimum atomic E-state index is -0.196. The second kappa shape index (κ2) is 7.75. The average Bonchev–Trinajstić information content (AvgIpc) is 3.25. The molecule has 0 N–H and O–H groups in total. The van der Waals surface area contributed by atoms with Crippen molar-refractivity contribution in [3.8, 4) is 0 Å². The van der Waals surface area contributed by atoms with E-state index in [1.807, 2.05) is 16.7 Å². The second-order valence-electron chi connectivity index (χ2n) is 7.55. The number of amides is 1. The normalized spacial score (nSPS) is 35.0. The standard InChI is InChI=1S/C18H31NO3S/c1-12(2)14-11-21-15(9-10-23-3)19(14)18(20)17-16(22-17)13-7-5-4-6-8-13/h12-17H,4-11H2,1-3H3/t14-,15+,16+,17-/m1/s1. The number of thioether (sulfide) groups is 1. The highest BCUT2D eigenvalue weighted by molar-refractivity contribution is 7.98. The van der Waals surface area contributed by atoms with E-state index in [0.717, 1.165) is 12.2 Å². The summed E-state index contributed by atoms with van der Waals surface area (Å²) in [6.45, 7) is 5.03. The number of carbonyl (C=O) groups is 1. The zero-order chi connectivity index (χ0) is 16.4. The first-order valence-electron chi connectivity index (χ1n) is 9.21. The van der Waals surface area contributed by atoms with Gasteiger partial charge in [-0.1, -0.05) is 33.1 Å². The summed E-state index contributed by atoms with van der Waals surface area (Å²) in [6.07, 6.45) is 9.33. The number of rotatable bonds is 6. The van der Waals surface area contributed by atoms with Gasteiger partial charge >= 0.3 is 0 Å². The van der Waals surface area contributed by atoms with E-state index in [-0.39, 0.29) is 30.4 Å². The van der Waals surface area contributed by atoms with Crippen molar-refractivity contribution in [2.45, 2.75) is 76.9 Å². The van der Waals surface area contributed by atoms with E-state index < -0.39 is 0 Å². The Labute approximate surface area is 144 Å². The fourth-order valence-electron chi connectivity index (χ4n) is 4.13. The Hall–Kier alpha value is -0.260. The SMILES string of the molecule is CSCC[C@@H]1OC[C@H](C(C)C)N1C(=O)[C@@H]1O[C@H]1C1CCCCC1. The quantitative estimate of drug-likeness (QED) is 0.695. The van der Waals surface area contributed by atoms with Crippen molar-refractivity contribution in [3.63, 3.8) is 0 Å². The summed E-state index contributed by atoms with van der Waals surface area (Å²) in [5.74, 6) is 2.23. The van der Waals surface area contributed by atoms with Gasteiger partial charge in [-0.3, -0.25) is 4.79 Å². The molecule has 4 nitrogen and oxygen atoms in total. The molecule has 0 unspecified atom stereocenters. The first-order chi connectivity index (χ1) is 11.1. The monoisotopic (exact) mass is 341 g/mol. The van der Waals surface area contributed by atoms with Crippen LogP contribution in [0, 0.1) is 11.8 Å². The molecule has 0 spiro atoms. The lowest BCUT2D eigenvalue weighted by Gasteiger charge is -2.30. The maximum atomic E-state index is 13.1. The van der Waals surface area contributed by atoms with Crippen molar-refractivity contribution >= 4 is 17.7 Å². The summed E-state index contributed by atoms with van der Waals surface area (Å²) in [5.41, 5.74) is 0. The minimum absolute atomic E-state index is 0.0569. The lowest BCUT2D eigenvalue weighted by atomic mass is 9.85. The third kappa shape index (κ3) is 3.88. The van der Waals surface area contributed by atoms with Crippen molar-refractivity contribution in [1.82, 2.24) is 4.90 Å². The summed E-state index contributed by atoms with van der Waals surface area (Å²) >= 11 is 1.81. The Bertz CT molecular complexity index is 411. The highest BCUT2D eigenvalue weighted by Gasteiger charge is 2.54. The van der Waals surface area contributed by atoms with Gasteiger partial charge in [0.15, 0.2) is 6.10 Å². The molecule has 132 valence electrons. The molecular formula is C18H31NO3S. The zero-order valence-electron chi connectivity index (χ0n) is 14.7. The maximum Gasteiger partial charge on any atom is 0.256 e. The zero-order valence-corrected chi connectivity index (χ0v) is 15.5. The van der Waals surface area contributed by atoms with E-state index in [2.05, 4.69) is 20.1 Å². The van der Waals surface area contributed by atoms with Crippen LogP contribution < -0.4 is 0 Å². The fourth-order valence-corrected chi connectivity index (χ4v) is 4.57. The lowest BCUT2D eigenvalue weighted by molar-refractivity contribution is -0.140. The molecule has 3 aliphatic rings.